The highest BCUT2D eigenvalue weighted by atomic mass is 31.2. The number of nitriles is 1. The average Bonchev–Trinajstić information content (AvgIpc) is 3.58. The van der Waals surface area contributed by atoms with Crippen molar-refractivity contribution in [1.82, 2.24) is 19.1 Å². The van der Waals surface area contributed by atoms with E-state index in [1.165, 1.54) is 23.9 Å². The minimum Gasteiger partial charge on any atom is -0.411 e. The number of ether oxygens (including phenoxy) is 2. The van der Waals surface area contributed by atoms with Crippen molar-refractivity contribution in [3.05, 3.63) is 65.2 Å². The smallest absolute Gasteiger partial charge is 0.411 e. The lowest BCUT2D eigenvalue weighted by Gasteiger charge is -2.39. The first-order chi connectivity index (χ1) is 22.4. The number of hydrogen-bond donors (Lipinski definition) is 3. The zero-order valence-corrected chi connectivity index (χ0v) is 30.0. The lowest BCUT2D eigenvalue weighted by molar-refractivity contribution is -0.0590. The van der Waals surface area contributed by atoms with E-state index in [1.807, 2.05) is 19.2 Å². The quantitative estimate of drug-likeness (QED) is 0.154. The number of aromatic nitrogens is 4. The van der Waals surface area contributed by atoms with E-state index in [1.54, 1.807) is 6.92 Å². The fourth-order valence-corrected chi connectivity index (χ4v) is 7.83. The Hall–Kier alpha value is -2.98. The second-order valence-corrected chi connectivity index (χ2v) is 19.8. The number of aliphatic hydroxyl groups excluding tert-OH is 1. The van der Waals surface area contributed by atoms with Crippen LogP contribution in [0.25, 0.3) is 0 Å². The summed E-state index contributed by atoms with van der Waals surface area (Å²) in [5, 5.41) is 18.9. The second kappa shape index (κ2) is 14.9. The van der Waals surface area contributed by atoms with Gasteiger partial charge < -0.3 is 19.0 Å². The van der Waals surface area contributed by atoms with Crippen molar-refractivity contribution in [3.8, 4) is 6.07 Å². The topological polar surface area (TPSA) is 226 Å². The highest BCUT2D eigenvalue weighted by molar-refractivity contribution is 7.48. The Morgan fingerprint density at radius 2 is 1.48 bits per heavy atom. The molecule has 2 aromatic heterocycles. The number of rotatable bonds is 13. The van der Waals surface area contributed by atoms with Gasteiger partial charge in [-0.2, -0.15) is 5.26 Å². The molecule has 0 saturated carbocycles. The van der Waals surface area contributed by atoms with Gasteiger partial charge in [-0.1, -0.05) is 20.8 Å². The first-order valence-corrected chi connectivity index (χ1v) is 19.9. The van der Waals surface area contributed by atoms with Crippen LogP contribution in [-0.4, -0.2) is 76.8 Å². The van der Waals surface area contributed by atoms with Crippen molar-refractivity contribution in [1.29, 1.82) is 5.26 Å². The Labute approximate surface area is 277 Å². The molecule has 0 bridgehead atoms. The van der Waals surface area contributed by atoms with E-state index in [-0.39, 0.29) is 43.1 Å². The van der Waals surface area contributed by atoms with Crippen molar-refractivity contribution < 1.29 is 37.1 Å². The predicted octanol–water partition coefficient (Wildman–Crippen LogP) is 2.10. The number of aliphatic hydroxyl groups is 1. The van der Waals surface area contributed by atoms with Gasteiger partial charge in [0.15, 0.2) is 8.32 Å². The third-order valence-corrected chi connectivity index (χ3v) is 14.8. The molecule has 266 valence electrons. The summed E-state index contributed by atoms with van der Waals surface area (Å²) in [5.74, 6) is 0. The molecule has 2 saturated heterocycles. The SMILES string of the molecule is Cc1cn([C@H]2C[C@H](O[Si](C)(C)C(C)(C)C)[C@@H](COP(=O)(OCCC#N)O[C@H]3C[C@H](n4cc(C)c(=O)[nH]c4=O)O[C@@H]3CO)O2)c(=O)[nH]c1=O. The fraction of sp³-hybridized carbons (Fsp3) is 0.690. The van der Waals surface area contributed by atoms with Crippen molar-refractivity contribution in [2.75, 3.05) is 19.8 Å². The highest BCUT2D eigenvalue weighted by Gasteiger charge is 2.48. The molecule has 0 amide bonds. The molecule has 48 heavy (non-hydrogen) atoms. The van der Waals surface area contributed by atoms with Gasteiger partial charge in [0.1, 0.15) is 30.8 Å². The Morgan fingerprint density at radius 1 is 0.958 bits per heavy atom. The zero-order valence-electron chi connectivity index (χ0n) is 28.1. The van der Waals surface area contributed by atoms with Crippen LogP contribution in [-0.2, 0) is 32.0 Å². The first-order valence-electron chi connectivity index (χ1n) is 15.6. The van der Waals surface area contributed by atoms with E-state index in [0.29, 0.717) is 5.56 Å². The number of phosphoric acid groups is 1. The van der Waals surface area contributed by atoms with E-state index < -0.39 is 82.1 Å². The number of nitrogens with one attached hydrogen (secondary N) is 2. The standard InChI is InChI=1S/C29H44N5O12PSi/c1-17-13-33(27(38)31-25(17)36)23-11-19(21(15-35)43-23)45-47(40,41-10-8-9-30)42-16-22-20(46-48(6,7)29(3,4)5)12-24(44-22)34-14-18(2)26(37)32-28(34)39/h13-14,19-24,35H,8,10-12,15-16H2,1-7H3,(H,31,36,38)(H,32,37,39)/t19-,20-,21+,22+,23+,24+,47?/m0/s1. The number of hydrogen-bond acceptors (Lipinski definition) is 13. The number of phosphoric ester groups is 1. The van der Waals surface area contributed by atoms with Gasteiger partial charge in [-0.05, 0) is 32.0 Å². The summed E-state index contributed by atoms with van der Waals surface area (Å²) in [5.41, 5.74) is -1.93. The normalized spacial score (nSPS) is 26.0. The van der Waals surface area contributed by atoms with Gasteiger partial charge in [-0.15, -0.1) is 0 Å². The first kappa shape index (κ1) is 37.8. The summed E-state index contributed by atoms with van der Waals surface area (Å²) in [7, 11) is -6.92. The van der Waals surface area contributed by atoms with Crippen LogP contribution in [0.3, 0.4) is 0 Å². The molecule has 7 atom stereocenters. The third-order valence-electron chi connectivity index (χ3n) is 8.83. The van der Waals surface area contributed by atoms with Crippen molar-refractivity contribution in [2.24, 2.45) is 0 Å². The maximum atomic E-state index is 14.1. The van der Waals surface area contributed by atoms with E-state index in [2.05, 4.69) is 30.7 Å². The molecule has 0 spiro atoms. The molecule has 2 fully saturated rings. The minimum atomic E-state index is -4.50. The lowest BCUT2D eigenvalue weighted by Crippen LogP contribution is -2.46. The van der Waals surface area contributed by atoms with Crippen molar-refractivity contribution >= 4 is 16.1 Å². The number of nitrogens with zero attached hydrogens (tertiary/aromatic N) is 3. The summed E-state index contributed by atoms with van der Waals surface area (Å²) in [4.78, 5) is 53.5. The van der Waals surface area contributed by atoms with Gasteiger partial charge in [-0.25, -0.2) is 14.2 Å². The third kappa shape index (κ3) is 8.59. The Morgan fingerprint density at radius 3 is 1.98 bits per heavy atom. The van der Waals surface area contributed by atoms with Crippen LogP contribution in [0.2, 0.25) is 18.1 Å². The molecule has 2 aromatic rings. The van der Waals surface area contributed by atoms with Crippen LogP contribution in [0, 0.1) is 25.2 Å². The molecule has 0 radical (unpaired) electrons. The molecule has 4 heterocycles. The summed E-state index contributed by atoms with van der Waals surface area (Å²) in [6.45, 7) is 12.1. The van der Waals surface area contributed by atoms with Crippen LogP contribution < -0.4 is 22.5 Å². The summed E-state index contributed by atoms with van der Waals surface area (Å²) < 4.78 is 52.4. The second-order valence-electron chi connectivity index (χ2n) is 13.4. The molecule has 3 N–H and O–H groups in total. The zero-order chi connectivity index (χ0) is 35.6. The summed E-state index contributed by atoms with van der Waals surface area (Å²) >= 11 is 0. The molecular weight excluding hydrogens is 669 g/mol. The molecule has 1 unspecified atom stereocenters. The summed E-state index contributed by atoms with van der Waals surface area (Å²) in [6, 6.07) is 1.89. The van der Waals surface area contributed by atoms with E-state index in [9.17, 15) is 28.8 Å². The molecule has 0 aliphatic carbocycles. The highest BCUT2D eigenvalue weighted by Crippen LogP contribution is 2.54. The molecule has 17 nitrogen and oxygen atoms in total. The van der Waals surface area contributed by atoms with Crippen LogP contribution in [0.1, 0.15) is 63.6 Å². The lowest BCUT2D eigenvalue weighted by atomic mass is 10.2. The minimum absolute atomic E-state index is 0.0703. The maximum Gasteiger partial charge on any atom is 0.475 e. The predicted molar refractivity (Wildman–Crippen MR) is 173 cm³/mol. The number of aryl methyl sites for hydroxylation is 2. The van der Waals surface area contributed by atoms with Gasteiger partial charge in [0.05, 0.1) is 38.4 Å². The van der Waals surface area contributed by atoms with Crippen LogP contribution in [0.4, 0.5) is 0 Å². The van der Waals surface area contributed by atoms with E-state index in [0.717, 1.165) is 4.57 Å². The monoisotopic (exact) mass is 713 g/mol. The molecule has 0 aromatic carbocycles. The number of H-pyrrole nitrogens is 2. The maximum absolute atomic E-state index is 14.1. The van der Waals surface area contributed by atoms with E-state index in [4.69, 9.17) is 32.7 Å². The molecular formula is C29H44N5O12PSi. The molecule has 2 aliphatic rings. The summed E-state index contributed by atoms with van der Waals surface area (Å²) in [6.07, 6.45) is -2.75. The number of aromatic amines is 2. The molecule has 2 aliphatic heterocycles. The largest absolute Gasteiger partial charge is 0.475 e. The molecule has 4 rings (SSSR count). The Kier molecular flexibility index (Phi) is 11.7. The Bertz CT molecular complexity index is 1790. The van der Waals surface area contributed by atoms with E-state index >= 15 is 0 Å². The van der Waals surface area contributed by atoms with Gasteiger partial charge in [-0.3, -0.25) is 42.3 Å². The Balaban J connectivity index is 1.59. The van der Waals surface area contributed by atoms with Gasteiger partial charge in [0, 0.05) is 36.4 Å². The van der Waals surface area contributed by atoms with Crippen molar-refractivity contribution in [3.63, 3.8) is 0 Å². The fourth-order valence-electron chi connectivity index (χ4n) is 5.08. The molecule has 19 heteroatoms. The van der Waals surface area contributed by atoms with Gasteiger partial charge in [0.2, 0.25) is 0 Å². The van der Waals surface area contributed by atoms with Crippen LogP contribution in [0.15, 0.2) is 31.6 Å². The van der Waals surface area contributed by atoms with Crippen LogP contribution in [0.5, 0.6) is 0 Å². The average molecular weight is 714 g/mol. The van der Waals surface area contributed by atoms with Crippen LogP contribution >= 0.6 is 7.82 Å². The van der Waals surface area contributed by atoms with Crippen molar-refractivity contribution in [2.45, 2.75) is 109 Å². The van der Waals surface area contributed by atoms with Gasteiger partial charge in [0.25, 0.3) is 11.1 Å². The van der Waals surface area contributed by atoms with Gasteiger partial charge >= 0.3 is 19.2 Å².